The lowest BCUT2D eigenvalue weighted by Gasteiger charge is -2.17. The van der Waals surface area contributed by atoms with Gasteiger partial charge in [0.25, 0.3) is 0 Å². The average Bonchev–Trinajstić information content (AvgIpc) is 3.39. The lowest BCUT2D eigenvalue weighted by molar-refractivity contribution is 0.577. The lowest BCUT2D eigenvalue weighted by Crippen LogP contribution is -2.42. The average molecular weight is 508 g/mol. The Labute approximate surface area is 188 Å². The van der Waals surface area contributed by atoms with Crippen molar-refractivity contribution in [2.45, 2.75) is 39.2 Å². The number of guanidine groups is 1. The van der Waals surface area contributed by atoms with E-state index in [1.807, 2.05) is 18.2 Å². The Balaban J connectivity index is 0.00000300. The van der Waals surface area contributed by atoms with Crippen molar-refractivity contribution in [1.29, 1.82) is 0 Å². The van der Waals surface area contributed by atoms with E-state index in [1.165, 1.54) is 5.56 Å². The molecule has 0 spiro atoms. The number of hydrogen-bond donors (Lipinski definition) is 3. The maximum absolute atomic E-state index is 5.31. The Morgan fingerprint density at radius 3 is 2.72 bits per heavy atom. The van der Waals surface area contributed by atoms with Crippen molar-refractivity contribution in [3.8, 4) is 11.6 Å². The maximum atomic E-state index is 5.31. The summed E-state index contributed by atoms with van der Waals surface area (Å²) in [6.45, 7) is 5.69. The number of H-pyrrole nitrogens is 1. The summed E-state index contributed by atoms with van der Waals surface area (Å²) in [6.07, 6.45) is 4.39. The number of aromatic nitrogens is 3. The highest BCUT2D eigenvalue weighted by molar-refractivity contribution is 14.0. The predicted octanol–water partition coefficient (Wildman–Crippen LogP) is 3.80. The van der Waals surface area contributed by atoms with Crippen LogP contribution in [0.2, 0.25) is 0 Å². The molecule has 0 aliphatic carbocycles. The van der Waals surface area contributed by atoms with Gasteiger partial charge in [0.15, 0.2) is 11.7 Å². The van der Waals surface area contributed by atoms with Crippen molar-refractivity contribution < 1.29 is 4.42 Å². The van der Waals surface area contributed by atoms with Crippen LogP contribution in [0.5, 0.6) is 0 Å². The fraction of sp³-hybridized carbons (Fsp3) is 0.381. The summed E-state index contributed by atoms with van der Waals surface area (Å²) < 4.78 is 5.31. The van der Waals surface area contributed by atoms with Gasteiger partial charge in [-0.2, -0.15) is 5.10 Å². The number of hydrogen-bond acceptors (Lipinski definition) is 4. The van der Waals surface area contributed by atoms with E-state index in [0.29, 0.717) is 30.6 Å². The first-order valence-corrected chi connectivity index (χ1v) is 9.78. The van der Waals surface area contributed by atoms with Crippen molar-refractivity contribution in [2.24, 2.45) is 4.99 Å². The zero-order valence-electron chi connectivity index (χ0n) is 16.9. The number of nitrogens with zero attached hydrogens (tertiary/aromatic N) is 3. The molecule has 2 aromatic heterocycles. The van der Waals surface area contributed by atoms with Crippen molar-refractivity contribution in [1.82, 2.24) is 25.8 Å². The minimum atomic E-state index is 0. The zero-order chi connectivity index (χ0) is 19.6. The van der Waals surface area contributed by atoms with E-state index in [-0.39, 0.29) is 24.0 Å². The van der Waals surface area contributed by atoms with Gasteiger partial charge in [-0.25, -0.2) is 4.98 Å². The van der Waals surface area contributed by atoms with Crippen LogP contribution in [0, 0.1) is 0 Å². The molecule has 0 aliphatic heterocycles. The van der Waals surface area contributed by atoms with E-state index >= 15 is 0 Å². The largest absolute Gasteiger partial charge is 0.461 e. The second kappa shape index (κ2) is 12.3. The minimum Gasteiger partial charge on any atom is -0.461 e. The van der Waals surface area contributed by atoms with Crippen LogP contribution in [0.25, 0.3) is 11.6 Å². The van der Waals surface area contributed by atoms with E-state index < -0.39 is 0 Å². The highest BCUT2D eigenvalue weighted by Crippen LogP contribution is 2.14. The zero-order valence-corrected chi connectivity index (χ0v) is 19.2. The molecule has 3 aromatic rings. The first kappa shape index (κ1) is 22.9. The Bertz CT molecular complexity index is 847. The van der Waals surface area contributed by atoms with Gasteiger partial charge in [-0.3, -0.25) is 10.1 Å². The Morgan fingerprint density at radius 1 is 1.17 bits per heavy atom. The van der Waals surface area contributed by atoms with Crippen molar-refractivity contribution in [3.63, 3.8) is 0 Å². The molecule has 156 valence electrons. The first-order chi connectivity index (χ1) is 13.7. The van der Waals surface area contributed by atoms with Crippen molar-refractivity contribution in [2.75, 3.05) is 13.1 Å². The number of aliphatic imine (C=N–C) groups is 1. The van der Waals surface area contributed by atoms with E-state index in [0.717, 1.165) is 31.2 Å². The second-order valence-corrected chi connectivity index (χ2v) is 6.66. The number of halogens is 1. The molecule has 3 N–H and O–H groups in total. The monoisotopic (exact) mass is 508 g/mol. The first-order valence-electron chi connectivity index (χ1n) is 9.78. The smallest absolute Gasteiger partial charge is 0.216 e. The van der Waals surface area contributed by atoms with Crippen LogP contribution in [0.15, 0.2) is 58.1 Å². The van der Waals surface area contributed by atoms with Gasteiger partial charge < -0.3 is 15.1 Å². The van der Waals surface area contributed by atoms with Crippen molar-refractivity contribution in [3.05, 3.63) is 60.1 Å². The number of furan rings is 1. The minimum absolute atomic E-state index is 0. The Morgan fingerprint density at radius 2 is 2.00 bits per heavy atom. The Hall–Kier alpha value is -2.36. The SMILES string of the molecule is CCNC(=NCCc1nc(-c2ccco2)n[nH]1)NC(C)CCc1ccccc1.I. The van der Waals surface area contributed by atoms with Gasteiger partial charge >= 0.3 is 0 Å². The Kier molecular flexibility index (Phi) is 9.69. The molecule has 29 heavy (non-hydrogen) atoms. The van der Waals surface area contributed by atoms with Crippen LogP contribution in [0.3, 0.4) is 0 Å². The molecule has 0 bridgehead atoms. The molecule has 0 fully saturated rings. The molecule has 0 saturated carbocycles. The third-order valence-electron chi connectivity index (χ3n) is 4.33. The summed E-state index contributed by atoms with van der Waals surface area (Å²) in [5, 5.41) is 13.9. The molecular weight excluding hydrogens is 479 g/mol. The molecule has 2 heterocycles. The van der Waals surface area contributed by atoms with Gasteiger partial charge in [0.2, 0.25) is 5.82 Å². The van der Waals surface area contributed by atoms with E-state index in [4.69, 9.17) is 4.42 Å². The maximum Gasteiger partial charge on any atom is 0.216 e. The van der Waals surface area contributed by atoms with E-state index in [2.05, 4.69) is 68.9 Å². The summed E-state index contributed by atoms with van der Waals surface area (Å²) in [5.74, 6) is 2.86. The van der Waals surface area contributed by atoms with Crippen molar-refractivity contribution >= 4 is 29.9 Å². The van der Waals surface area contributed by atoms with Crippen LogP contribution in [0.4, 0.5) is 0 Å². The number of nitrogens with one attached hydrogen (secondary N) is 3. The number of rotatable bonds is 9. The van der Waals surface area contributed by atoms with Crippen LogP contribution >= 0.6 is 24.0 Å². The molecule has 0 aliphatic rings. The molecule has 1 atom stereocenters. The summed E-state index contributed by atoms with van der Waals surface area (Å²) in [7, 11) is 0. The second-order valence-electron chi connectivity index (χ2n) is 6.66. The summed E-state index contributed by atoms with van der Waals surface area (Å²) in [4.78, 5) is 9.11. The standard InChI is InChI=1S/C21H28N6O.HI/c1-3-22-21(24-16(2)11-12-17-8-5-4-6-9-17)23-14-13-19-25-20(27-26-19)18-10-7-15-28-18;/h4-10,15-16H,3,11-14H2,1-2H3,(H2,22,23,24)(H,25,26,27);1H. The fourth-order valence-corrected chi connectivity index (χ4v) is 2.85. The van der Waals surface area contributed by atoms with E-state index in [1.54, 1.807) is 6.26 Å². The quantitative estimate of drug-likeness (QED) is 0.233. The molecule has 7 nitrogen and oxygen atoms in total. The summed E-state index contributed by atoms with van der Waals surface area (Å²) in [5.41, 5.74) is 1.36. The fourth-order valence-electron chi connectivity index (χ4n) is 2.85. The van der Waals surface area contributed by atoms with Crippen LogP contribution in [-0.2, 0) is 12.8 Å². The predicted molar refractivity (Wildman–Crippen MR) is 127 cm³/mol. The van der Waals surface area contributed by atoms with Gasteiger partial charge in [0.05, 0.1) is 6.26 Å². The van der Waals surface area contributed by atoms with Gasteiger partial charge in [-0.1, -0.05) is 30.3 Å². The summed E-state index contributed by atoms with van der Waals surface area (Å²) >= 11 is 0. The number of benzene rings is 1. The molecule has 8 heteroatoms. The normalized spacial score (nSPS) is 12.3. The third kappa shape index (κ3) is 7.52. The highest BCUT2D eigenvalue weighted by atomic mass is 127. The molecule has 0 saturated heterocycles. The van der Waals surface area contributed by atoms with E-state index in [9.17, 15) is 0 Å². The molecule has 1 aromatic carbocycles. The molecule has 0 amide bonds. The van der Waals surface area contributed by atoms with Crippen LogP contribution < -0.4 is 10.6 Å². The van der Waals surface area contributed by atoms with Gasteiger partial charge in [0.1, 0.15) is 5.82 Å². The number of aromatic amines is 1. The summed E-state index contributed by atoms with van der Waals surface area (Å²) in [6, 6.07) is 14.5. The molecule has 1 unspecified atom stereocenters. The van der Waals surface area contributed by atoms with Gasteiger partial charge in [0, 0.05) is 25.6 Å². The van der Waals surface area contributed by atoms with Crippen LogP contribution in [-0.4, -0.2) is 40.3 Å². The highest BCUT2D eigenvalue weighted by Gasteiger charge is 2.09. The lowest BCUT2D eigenvalue weighted by atomic mass is 10.1. The van der Waals surface area contributed by atoms with Gasteiger partial charge in [-0.15, -0.1) is 24.0 Å². The van der Waals surface area contributed by atoms with Crippen LogP contribution in [0.1, 0.15) is 31.7 Å². The topological polar surface area (TPSA) is 91.1 Å². The van der Waals surface area contributed by atoms with Gasteiger partial charge in [-0.05, 0) is 44.4 Å². The molecule has 0 radical (unpaired) electrons. The molecular formula is C21H29IN6O. The number of aryl methyl sites for hydroxylation is 1. The molecule has 3 rings (SSSR count). The third-order valence-corrected chi connectivity index (χ3v) is 4.33.